The van der Waals surface area contributed by atoms with Crippen LogP contribution in [0.5, 0.6) is 0 Å². The first-order chi connectivity index (χ1) is 23.3. The second-order valence-electron chi connectivity index (χ2n) is 12.4. The van der Waals surface area contributed by atoms with Crippen LogP contribution in [0, 0.1) is 0 Å². The number of furan rings is 2. The van der Waals surface area contributed by atoms with Gasteiger partial charge in [-0.1, -0.05) is 109 Å². The normalized spacial score (nSPS) is 13.4. The van der Waals surface area contributed by atoms with Gasteiger partial charge in [-0.15, -0.1) is 0 Å². The monoisotopic (exact) mass is 600 g/mol. The Bertz CT molecular complexity index is 2710. The van der Waals surface area contributed by atoms with Gasteiger partial charge in [-0.05, 0) is 58.7 Å². The van der Waals surface area contributed by atoms with Gasteiger partial charge in [0.1, 0.15) is 11.2 Å². The summed E-state index contributed by atoms with van der Waals surface area (Å²) in [4.78, 5) is 4.70. The zero-order chi connectivity index (χ0) is 30.6. The molecule has 2 aromatic heterocycles. The Kier molecular flexibility index (Phi) is 4.89. The average molecular weight is 600 g/mol. The fourth-order valence-corrected chi connectivity index (χ4v) is 8.08. The van der Waals surface area contributed by atoms with E-state index in [1.165, 1.54) is 5.46 Å². The number of hydrogen-bond donors (Lipinski definition) is 0. The molecule has 0 spiro atoms. The second-order valence-corrected chi connectivity index (χ2v) is 12.4. The van der Waals surface area contributed by atoms with Crippen molar-refractivity contribution in [2.75, 3.05) is 9.80 Å². The Labute approximate surface area is 270 Å². The van der Waals surface area contributed by atoms with Crippen molar-refractivity contribution < 1.29 is 8.83 Å². The minimum Gasteiger partial charge on any atom is -0.467 e. The number of fused-ring (bicyclic) bond motifs is 12. The molecule has 0 fully saturated rings. The topological polar surface area (TPSA) is 32.8 Å². The van der Waals surface area contributed by atoms with E-state index in [0.29, 0.717) is 0 Å². The molecule has 4 nitrogen and oxygen atoms in total. The predicted octanol–water partition coefficient (Wildman–Crippen LogP) is 9.57. The summed E-state index contributed by atoms with van der Waals surface area (Å²) in [5, 5.41) is 6.75. The highest BCUT2D eigenvalue weighted by molar-refractivity contribution is 7.01. The predicted molar refractivity (Wildman–Crippen MR) is 195 cm³/mol. The highest BCUT2D eigenvalue weighted by Crippen LogP contribution is 2.48. The summed E-state index contributed by atoms with van der Waals surface area (Å²) in [6.07, 6.45) is 0. The van der Waals surface area contributed by atoms with Gasteiger partial charge in [0, 0.05) is 49.8 Å². The Morgan fingerprint density at radius 1 is 0.404 bits per heavy atom. The van der Waals surface area contributed by atoms with Crippen LogP contribution in [0.25, 0.3) is 43.5 Å². The molecule has 0 aliphatic carbocycles. The molecule has 0 saturated heterocycles. The third kappa shape index (κ3) is 3.27. The van der Waals surface area contributed by atoms with Gasteiger partial charge in [-0.25, -0.2) is 0 Å². The molecule has 5 heteroatoms. The van der Waals surface area contributed by atoms with Gasteiger partial charge in [0.05, 0.1) is 11.3 Å². The van der Waals surface area contributed by atoms with E-state index in [1.54, 1.807) is 0 Å². The molecule has 2 aliphatic heterocycles. The molecule has 0 amide bonds. The Hall–Kier alpha value is -6.20. The molecule has 7 aromatic carbocycles. The summed E-state index contributed by atoms with van der Waals surface area (Å²) < 4.78 is 14.3. The highest BCUT2D eigenvalue weighted by Gasteiger charge is 2.49. The standard InChI is InChI=1S/C42H25BN2O2/c1-3-14-28(15-4-1)44-34-20-11-21-35-37(34)43(41-38(44)33-25-23-27-13-8-10-19-31(27)40(33)46-41)36-32-24-22-26-12-7-9-18-30(26)39(32)47-42(36)45(35)29-16-5-2-6-17-29/h1-25H. The molecule has 0 atom stereocenters. The number of hydrogen-bond acceptors (Lipinski definition) is 4. The molecule has 0 radical (unpaired) electrons. The van der Waals surface area contributed by atoms with Gasteiger partial charge in [0.15, 0.2) is 0 Å². The Balaban J connectivity index is 1.33. The number of benzene rings is 7. The average Bonchev–Trinajstić information content (AvgIpc) is 3.72. The van der Waals surface area contributed by atoms with Crippen molar-refractivity contribution in [1.82, 2.24) is 0 Å². The number of para-hydroxylation sites is 2. The van der Waals surface area contributed by atoms with Crippen LogP contribution in [0.4, 0.5) is 34.3 Å². The maximum absolute atomic E-state index is 7.21. The van der Waals surface area contributed by atoms with Gasteiger partial charge < -0.3 is 13.7 Å². The SMILES string of the molecule is c1ccc(N2c3cccc4c3B(c3oc5c(ccc6ccccc65)c3N4c3ccccc3)c3c2oc2c3ccc3ccccc32)cc1. The third-order valence-electron chi connectivity index (χ3n) is 10.0. The molecule has 0 bridgehead atoms. The van der Waals surface area contributed by atoms with Crippen molar-refractivity contribution in [3.63, 3.8) is 0 Å². The molecule has 47 heavy (non-hydrogen) atoms. The molecule has 2 aliphatic rings. The van der Waals surface area contributed by atoms with Crippen LogP contribution in [0.1, 0.15) is 0 Å². The van der Waals surface area contributed by atoms with Crippen LogP contribution in [-0.4, -0.2) is 6.71 Å². The van der Waals surface area contributed by atoms with E-state index >= 15 is 0 Å². The maximum Gasteiger partial charge on any atom is 0.302 e. The summed E-state index contributed by atoms with van der Waals surface area (Å²) in [6.45, 7) is -0.181. The van der Waals surface area contributed by atoms with E-state index in [9.17, 15) is 0 Å². The van der Waals surface area contributed by atoms with Gasteiger partial charge in [0.25, 0.3) is 0 Å². The summed E-state index contributed by atoms with van der Waals surface area (Å²) in [7, 11) is 0. The molecule has 0 saturated carbocycles. The Morgan fingerprint density at radius 2 is 0.957 bits per heavy atom. The van der Waals surface area contributed by atoms with Crippen molar-refractivity contribution in [3.8, 4) is 0 Å². The van der Waals surface area contributed by atoms with Crippen LogP contribution >= 0.6 is 0 Å². The van der Waals surface area contributed by atoms with Crippen LogP contribution in [0.15, 0.2) is 160 Å². The van der Waals surface area contributed by atoms with Gasteiger partial charge in [-0.3, -0.25) is 4.90 Å². The lowest BCUT2D eigenvalue weighted by molar-refractivity contribution is 0.625. The first kappa shape index (κ1) is 25.0. The lowest BCUT2D eigenvalue weighted by atomic mass is 9.35. The lowest BCUT2D eigenvalue weighted by Crippen LogP contribution is -2.60. The molecule has 9 aromatic rings. The van der Waals surface area contributed by atoms with E-state index in [-0.39, 0.29) is 6.71 Å². The Morgan fingerprint density at radius 3 is 1.64 bits per heavy atom. The summed E-state index contributed by atoms with van der Waals surface area (Å²) in [5.41, 5.74) is 10.5. The van der Waals surface area contributed by atoms with Gasteiger partial charge in [0.2, 0.25) is 5.88 Å². The molecule has 11 rings (SSSR count). The van der Waals surface area contributed by atoms with Crippen LogP contribution in [-0.2, 0) is 0 Å². The zero-order valence-electron chi connectivity index (χ0n) is 25.2. The molecular formula is C42H25BN2O2. The van der Waals surface area contributed by atoms with Crippen molar-refractivity contribution in [3.05, 3.63) is 152 Å². The molecule has 0 unspecified atom stereocenters. The minimum absolute atomic E-state index is 0.181. The highest BCUT2D eigenvalue weighted by atomic mass is 16.4. The van der Waals surface area contributed by atoms with Crippen molar-refractivity contribution in [1.29, 1.82) is 0 Å². The van der Waals surface area contributed by atoms with Crippen LogP contribution in [0.2, 0.25) is 0 Å². The molecule has 4 heterocycles. The number of anilines is 6. The van der Waals surface area contributed by atoms with E-state index in [4.69, 9.17) is 8.83 Å². The molecular weight excluding hydrogens is 575 g/mol. The van der Waals surface area contributed by atoms with Gasteiger partial charge in [-0.2, -0.15) is 0 Å². The van der Waals surface area contributed by atoms with Crippen molar-refractivity contribution >= 4 is 101 Å². The van der Waals surface area contributed by atoms with Crippen molar-refractivity contribution in [2.45, 2.75) is 0 Å². The summed E-state index contributed by atoms with van der Waals surface area (Å²) in [6, 6.07) is 53.8. The zero-order valence-corrected chi connectivity index (χ0v) is 25.2. The second kappa shape index (κ2) is 9.18. The van der Waals surface area contributed by atoms with Crippen molar-refractivity contribution in [2.24, 2.45) is 0 Å². The summed E-state index contributed by atoms with van der Waals surface area (Å²) >= 11 is 0. The maximum atomic E-state index is 7.21. The number of nitrogens with zero attached hydrogens (tertiary/aromatic N) is 2. The third-order valence-corrected chi connectivity index (χ3v) is 10.0. The fourth-order valence-electron chi connectivity index (χ4n) is 8.08. The molecule has 0 N–H and O–H groups in total. The summed E-state index contributed by atoms with van der Waals surface area (Å²) in [5.74, 6) is 0.835. The van der Waals surface area contributed by atoms with Crippen LogP contribution < -0.4 is 26.4 Å². The first-order valence-corrected chi connectivity index (χ1v) is 16.1. The lowest BCUT2D eigenvalue weighted by Gasteiger charge is -2.40. The first-order valence-electron chi connectivity index (χ1n) is 16.1. The van der Waals surface area contributed by atoms with E-state index in [2.05, 4.69) is 161 Å². The van der Waals surface area contributed by atoms with Crippen LogP contribution in [0.3, 0.4) is 0 Å². The van der Waals surface area contributed by atoms with E-state index in [0.717, 1.165) is 88.9 Å². The van der Waals surface area contributed by atoms with E-state index < -0.39 is 0 Å². The van der Waals surface area contributed by atoms with E-state index in [1.807, 2.05) is 0 Å². The van der Waals surface area contributed by atoms with Gasteiger partial charge >= 0.3 is 6.71 Å². The minimum atomic E-state index is -0.181. The number of rotatable bonds is 2. The smallest absolute Gasteiger partial charge is 0.302 e. The largest absolute Gasteiger partial charge is 0.467 e. The fraction of sp³-hybridized carbons (Fsp3) is 0. The quantitative estimate of drug-likeness (QED) is 0.185. The molecule has 218 valence electrons.